The van der Waals surface area contributed by atoms with E-state index in [1.807, 2.05) is 24.3 Å². The molecule has 0 saturated heterocycles. The number of methoxy groups -OCH3 is 4. The van der Waals surface area contributed by atoms with Crippen molar-refractivity contribution in [2.24, 2.45) is 0 Å². The Kier molecular flexibility index (Phi) is 6.39. The first kappa shape index (κ1) is 19.9. The van der Waals surface area contributed by atoms with Crippen LogP contribution in [0, 0.1) is 0 Å². The summed E-state index contributed by atoms with van der Waals surface area (Å²) in [5.41, 5.74) is 3.05. The molecule has 2 aromatic rings. The molecule has 6 heteroatoms. The number of carbonyl (C=O) groups excluding carboxylic acids is 2. The molecule has 0 heterocycles. The maximum absolute atomic E-state index is 11.4. The number of hydrogen-bond donors (Lipinski definition) is 0. The van der Waals surface area contributed by atoms with Crippen molar-refractivity contribution in [3.8, 4) is 11.1 Å². The Morgan fingerprint density at radius 2 is 0.846 bits per heavy atom. The fourth-order valence-corrected chi connectivity index (χ4v) is 2.76. The third kappa shape index (κ3) is 3.45. The molecule has 0 N–H and O–H groups in total. The molecule has 0 aliphatic carbocycles. The molecule has 2 rings (SSSR count). The van der Waals surface area contributed by atoms with Crippen LogP contribution in [0.25, 0.3) is 11.1 Å². The number of aldehydes is 2. The Morgan fingerprint density at radius 1 is 0.577 bits per heavy atom. The van der Waals surface area contributed by atoms with Crippen molar-refractivity contribution in [1.82, 2.24) is 0 Å². The Balaban J connectivity index is 2.33. The smallest absolute Gasteiger partial charge is 0.252 e. The van der Waals surface area contributed by atoms with Gasteiger partial charge in [-0.2, -0.15) is 0 Å². The van der Waals surface area contributed by atoms with E-state index < -0.39 is 11.6 Å². The van der Waals surface area contributed by atoms with Crippen LogP contribution in [-0.2, 0) is 40.1 Å². The fraction of sp³-hybridized carbons (Fsp3) is 0.300. The highest BCUT2D eigenvalue weighted by Crippen LogP contribution is 2.29. The zero-order valence-corrected chi connectivity index (χ0v) is 15.2. The summed E-state index contributed by atoms with van der Waals surface area (Å²) in [6.07, 6.45) is 1.23. The number of rotatable bonds is 9. The summed E-state index contributed by atoms with van der Waals surface area (Å²) in [6, 6.07) is 14.5. The fourth-order valence-electron chi connectivity index (χ4n) is 2.76. The summed E-state index contributed by atoms with van der Waals surface area (Å²) >= 11 is 0. The van der Waals surface area contributed by atoms with E-state index in [0.717, 1.165) is 11.1 Å². The van der Waals surface area contributed by atoms with E-state index in [-0.39, 0.29) is 0 Å². The molecule has 0 spiro atoms. The van der Waals surface area contributed by atoms with E-state index in [1.54, 1.807) is 24.3 Å². The second-order valence-corrected chi connectivity index (χ2v) is 5.54. The van der Waals surface area contributed by atoms with Crippen LogP contribution in [0.3, 0.4) is 0 Å². The lowest BCUT2D eigenvalue weighted by atomic mass is 9.98. The quantitative estimate of drug-likeness (QED) is 0.507. The van der Waals surface area contributed by atoms with Gasteiger partial charge < -0.3 is 18.9 Å². The SMILES string of the molecule is COC(C=O)(OC)c1ccc(-c2ccc(C(C=O)(OC)OC)cc2)cc1. The highest BCUT2D eigenvalue weighted by atomic mass is 16.7. The molecule has 26 heavy (non-hydrogen) atoms. The highest BCUT2D eigenvalue weighted by molar-refractivity contribution is 5.69. The zero-order chi connectivity index (χ0) is 19.2. The van der Waals surface area contributed by atoms with Gasteiger partial charge >= 0.3 is 0 Å². The van der Waals surface area contributed by atoms with Gasteiger partial charge in [0.1, 0.15) is 0 Å². The van der Waals surface area contributed by atoms with Crippen LogP contribution in [0.5, 0.6) is 0 Å². The first-order valence-electron chi connectivity index (χ1n) is 7.89. The van der Waals surface area contributed by atoms with E-state index in [4.69, 9.17) is 18.9 Å². The second kappa shape index (κ2) is 8.33. The standard InChI is InChI=1S/C20H22O6/c1-23-19(13-21,24-2)17-9-5-15(6-10-17)16-7-11-18(12-8-16)20(14-22,25-3)26-4/h5-14H,1-4H3. The van der Waals surface area contributed by atoms with Gasteiger partial charge in [0.15, 0.2) is 12.6 Å². The molecular formula is C20H22O6. The van der Waals surface area contributed by atoms with Gasteiger partial charge in [-0.25, -0.2) is 0 Å². The largest absolute Gasteiger partial charge is 0.344 e. The van der Waals surface area contributed by atoms with Gasteiger partial charge in [0, 0.05) is 39.6 Å². The van der Waals surface area contributed by atoms with Crippen molar-refractivity contribution in [3.05, 3.63) is 59.7 Å². The van der Waals surface area contributed by atoms with Gasteiger partial charge in [0.05, 0.1) is 0 Å². The summed E-state index contributed by atoms with van der Waals surface area (Å²) < 4.78 is 20.8. The molecule has 2 aromatic carbocycles. The molecular weight excluding hydrogens is 336 g/mol. The summed E-state index contributed by atoms with van der Waals surface area (Å²) in [4.78, 5) is 22.7. The van der Waals surface area contributed by atoms with Crippen LogP contribution < -0.4 is 0 Å². The Morgan fingerprint density at radius 3 is 1.04 bits per heavy atom. The summed E-state index contributed by atoms with van der Waals surface area (Å²) in [5, 5.41) is 0. The van der Waals surface area contributed by atoms with Crippen LogP contribution in [0.2, 0.25) is 0 Å². The van der Waals surface area contributed by atoms with Crippen molar-refractivity contribution < 1.29 is 28.5 Å². The Labute approximate surface area is 152 Å². The highest BCUT2D eigenvalue weighted by Gasteiger charge is 2.32. The number of hydrogen-bond acceptors (Lipinski definition) is 6. The third-order valence-corrected chi connectivity index (χ3v) is 4.43. The van der Waals surface area contributed by atoms with E-state index in [2.05, 4.69) is 0 Å². The van der Waals surface area contributed by atoms with Crippen molar-refractivity contribution in [2.45, 2.75) is 11.6 Å². The maximum Gasteiger partial charge on any atom is 0.252 e. The molecule has 0 saturated carbocycles. The van der Waals surface area contributed by atoms with E-state index in [1.165, 1.54) is 28.4 Å². The van der Waals surface area contributed by atoms with E-state index in [9.17, 15) is 9.59 Å². The van der Waals surface area contributed by atoms with Crippen molar-refractivity contribution in [1.29, 1.82) is 0 Å². The lowest BCUT2D eigenvalue weighted by Crippen LogP contribution is -2.32. The normalized spacial score (nSPS) is 12.0. The first-order valence-corrected chi connectivity index (χ1v) is 7.89. The Hall–Kier alpha value is -2.38. The molecule has 0 radical (unpaired) electrons. The van der Waals surface area contributed by atoms with Crippen molar-refractivity contribution >= 4 is 12.6 Å². The van der Waals surface area contributed by atoms with Gasteiger partial charge in [-0.1, -0.05) is 48.5 Å². The minimum absolute atomic E-state index is 0.594. The predicted molar refractivity (Wildman–Crippen MR) is 95.4 cm³/mol. The molecule has 0 bridgehead atoms. The van der Waals surface area contributed by atoms with Gasteiger partial charge in [0.2, 0.25) is 0 Å². The average molecular weight is 358 g/mol. The minimum Gasteiger partial charge on any atom is -0.344 e. The summed E-state index contributed by atoms with van der Waals surface area (Å²) in [7, 11) is 5.65. The monoisotopic (exact) mass is 358 g/mol. The molecule has 0 aromatic heterocycles. The lowest BCUT2D eigenvalue weighted by molar-refractivity contribution is -0.201. The van der Waals surface area contributed by atoms with E-state index in [0.29, 0.717) is 23.7 Å². The zero-order valence-electron chi connectivity index (χ0n) is 15.2. The number of ether oxygens (including phenoxy) is 4. The van der Waals surface area contributed by atoms with Crippen LogP contribution in [0.1, 0.15) is 11.1 Å². The van der Waals surface area contributed by atoms with E-state index >= 15 is 0 Å². The lowest BCUT2D eigenvalue weighted by Gasteiger charge is -2.25. The summed E-state index contributed by atoms with van der Waals surface area (Å²) in [5.74, 6) is -2.83. The topological polar surface area (TPSA) is 71.1 Å². The van der Waals surface area contributed by atoms with Gasteiger partial charge in [0.25, 0.3) is 11.6 Å². The molecule has 138 valence electrons. The average Bonchev–Trinajstić information content (AvgIpc) is 2.72. The molecule has 0 aliphatic heterocycles. The van der Waals surface area contributed by atoms with Crippen LogP contribution in [0.15, 0.2) is 48.5 Å². The molecule has 0 fully saturated rings. The van der Waals surface area contributed by atoms with Crippen molar-refractivity contribution in [3.63, 3.8) is 0 Å². The molecule has 6 nitrogen and oxygen atoms in total. The van der Waals surface area contributed by atoms with Crippen LogP contribution in [-0.4, -0.2) is 41.0 Å². The summed E-state index contributed by atoms with van der Waals surface area (Å²) in [6.45, 7) is 0. The number of benzene rings is 2. The molecule has 0 amide bonds. The molecule has 0 aliphatic rings. The minimum atomic E-state index is -1.41. The second-order valence-electron chi connectivity index (χ2n) is 5.54. The van der Waals surface area contributed by atoms with Crippen molar-refractivity contribution in [2.75, 3.05) is 28.4 Å². The molecule has 0 unspecified atom stereocenters. The van der Waals surface area contributed by atoms with Gasteiger partial charge in [-0.3, -0.25) is 9.59 Å². The van der Waals surface area contributed by atoms with Gasteiger partial charge in [-0.15, -0.1) is 0 Å². The van der Waals surface area contributed by atoms with Crippen LogP contribution in [0.4, 0.5) is 0 Å². The third-order valence-electron chi connectivity index (χ3n) is 4.43. The number of carbonyl (C=O) groups is 2. The van der Waals surface area contributed by atoms with Gasteiger partial charge in [-0.05, 0) is 11.1 Å². The maximum atomic E-state index is 11.4. The predicted octanol–water partition coefficient (Wildman–Crippen LogP) is 2.64. The molecule has 0 atom stereocenters. The first-order chi connectivity index (χ1) is 12.5. The van der Waals surface area contributed by atoms with Crippen LogP contribution >= 0.6 is 0 Å². The Bertz CT molecular complexity index is 662.